The zero-order chi connectivity index (χ0) is 15.2. The molecular weight excluding hydrogens is 293 g/mol. The Morgan fingerprint density at radius 3 is 2.76 bits per heavy atom. The zero-order valence-corrected chi connectivity index (χ0v) is 12.0. The number of benzene rings is 2. The Morgan fingerprint density at radius 2 is 2.05 bits per heavy atom. The highest BCUT2D eigenvalue weighted by Crippen LogP contribution is 2.20. The van der Waals surface area contributed by atoms with E-state index in [1.54, 1.807) is 19.3 Å². The van der Waals surface area contributed by atoms with Crippen LogP contribution in [0.3, 0.4) is 0 Å². The molecule has 0 spiro atoms. The molecule has 0 fully saturated rings. The zero-order valence-electron chi connectivity index (χ0n) is 11.3. The molecule has 5 heteroatoms. The number of halogens is 2. The van der Waals surface area contributed by atoms with Gasteiger partial charge in [0.05, 0.1) is 12.1 Å². The molecule has 0 radical (unpaired) electrons. The lowest BCUT2D eigenvalue weighted by Crippen LogP contribution is -2.07. The molecule has 0 atom stereocenters. The SMILES string of the molecule is COc1ccccc1C=CC(=O)Nc1ccc(F)c(Cl)c1. The van der Waals surface area contributed by atoms with E-state index in [-0.39, 0.29) is 10.9 Å². The highest BCUT2D eigenvalue weighted by atomic mass is 35.5. The molecule has 21 heavy (non-hydrogen) atoms. The van der Waals surface area contributed by atoms with Crippen LogP contribution in [-0.4, -0.2) is 13.0 Å². The van der Waals surface area contributed by atoms with E-state index < -0.39 is 5.82 Å². The van der Waals surface area contributed by atoms with Crippen molar-refractivity contribution < 1.29 is 13.9 Å². The number of carbonyl (C=O) groups excluding carboxylic acids is 1. The first-order chi connectivity index (χ1) is 10.1. The number of anilines is 1. The van der Waals surface area contributed by atoms with E-state index in [0.717, 1.165) is 5.56 Å². The van der Waals surface area contributed by atoms with Crippen LogP contribution >= 0.6 is 11.6 Å². The average Bonchev–Trinajstić information content (AvgIpc) is 2.49. The predicted octanol–water partition coefficient (Wildman–Crippen LogP) is 4.14. The first-order valence-corrected chi connectivity index (χ1v) is 6.55. The van der Waals surface area contributed by atoms with Gasteiger partial charge < -0.3 is 10.1 Å². The highest BCUT2D eigenvalue weighted by molar-refractivity contribution is 6.31. The van der Waals surface area contributed by atoms with Gasteiger partial charge in [-0.25, -0.2) is 4.39 Å². The maximum atomic E-state index is 13.0. The summed E-state index contributed by atoms with van der Waals surface area (Å²) >= 11 is 5.65. The van der Waals surface area contributed by atoms with E-state index in [2.05, 4.69) is 5.32 Å². The fraction of sp³-hybridized carbons (Fsp3) is 0.0625. The van der Waals surface area contributed by atoms with E-state index in [9.17, 15) is 9.18 Å². The first kappa shape index (κ1) is 15.1. The number of ether oxygens (including phenoxy) is 1. The van der Waals surface area contributed by atoms with Gasteiger partial charge in [-0.15, -0.1) is 0 Å². The number of hydrogen-bond donors (Lipinski definition) is 1. The molecule has 0 aliphatic carbocycles. The van der Waals surface area contributed by atoms with Crippen LogP contribution < -0.4 is 10.1 Å². The maximum absolute atomic E-state index is 13.0. The molecule has 2 rings (SSSR count). The van der Waals surface area contributed by atoms with E-state index in [4.69, 9.17) is 16.3 Å². The Bertz CT molecular complexity index is 686. The lowest BCUT2D eigenvalue weighted by molar-refractivity contribution is -0.111. The molecule has 1 N–H and O–H groups in total. The molecule has 2 aromatic rings. The number of nitrogens with one attached hydrogen (secondary N) is 1. The van der Waals surface area contributed by atoms with E-state index in [0.29, 0.717) is 11.4 Å². The highest BCUT2D eigenvalue weighted by Gasteiger charge is 2.03. The number of amides is 1. The summed E-state index contributed by atoms with van der Waals surface area (Å²) in [7, 11) is 1.56. The van der Waals surface area contributed by atoms with Gasteiger partial charge in [-0.3, -0.25) is 4.79 Å². The molecule has 108 valence electrons. The molecule has 1 amide bonds. The molecule has 0 unspecified atom stereocenters. The Kier molecular flexibility index (Phi) is 4.95. The van der Waals surface area contributed by atoms with E-state index in [1.807, 2.05) is 18.2 Å². The maximum Gasteiger partial charge on any atom is 0.248 e. The smallest absolute Gasteiger partial charge is 0.248 e. The number of hydrogen-bond acceptors (Lipinski definition) is 2. The summed E-state index contributed by atoms with van der Waals surface area (Å²) in [5.41, 5.74) is 1.21. The Hall–Kier alpha value is -2.33. The molecular formula is C16H13ClFNO2. The third-order valence-electron chi connectivity index (χ3n) is 2.74. The summed E-state index contributed by atoms with van der Waals surface area (Å²) in [6.07, 6.45) is 3.01. The summed E-state index contributed by atoms with van der Waals surface area (Å²) in [4.78, 5) is 11.8. The van der Waals surface area contributed by atoms with Crippen LogP contribution in [0.25, 0.3) is 6.08 Å². The fourth-order valence-corrected chi connectivity index (χ4v) is 1.91. The monoisotopic (exact) mass is 305 g/mol. The fourth-order valence-electron chi connectivity index (χ4n) is 1.73. The summed E-state index contributed by atoms with van der Waals surface area (Å²) in [5, 5.41) is 2.56. The van der Waals surface area contributed by atoms with Crippen molar-refractivity contribution in [3.8, 4) is 5.75 Å². The topological polar surface area (TPSA) is 38.3 Å². The normalized spacial score (nSPS) is 10.6. The molecule has 0 bridgehead atoms. The van der Waals surface area contributed by atoms with Crippen molar-refractivity contribution >= 4 is 29.3 Å². The molecule has 2 aromatic carbocycles. The van der Waals surface area contributed by atoms with Gasteiger partial charge in [0.15, 0.2) is 0 Å². The second kappa shape index (κ2) is 6.90. The summed E-state index contributed by atoms with van der Waals surface area (Å²) in [6, 6.07) is 11.3. The Morgan fingerprint density at radius 1 is 1.29 bits per heavy atom. The minimum Gasteiger partial charge on any atom is -0.496 e. The molecule has 0 aliphatic rings. The summed E-state index contributed by atoms with van der Waals surface area (Å²) in [6.45, 7) is 0. The number of para-hydroxylation sites is 1. The second-order valence-corrected chi connectivity index (χ2v) is 4.60. The van der Waals surface area contributed by atoms with Gasteiger partial charge in [0.25, 0.3) is 0 Å². The first-order valence-electron chi connectivity index (χ1n) is 6.17. The molecule has 0 saturated carbocycles. The molecule has 0 saturated heterocycles. The summed E-state index contributed by atoms with van der Waals surface area (Å²) < 4.78 is 18.2. The standard InChI is InChI=1S/C16H13ClFNO2/c1-21-15-5-3-2-4-11(15)6-9-16(20)19-12-7-8-14(18)13(17)10-12/h2-10H,1H3,(H,19,20). The van der Waals surface area contributed by atoms with Gasteiger partial charge in [-0.1, -0.05) is 29.8 Å². The molecule has 3 nitrogen and oxygen atoms in total. The van der Waals surface area contributed by atoms with Gasteiger partial charge in [0.1, 0.15) is 11.6 Å². The van der Waals surface area contributed by atoms with Gasteiger partial charge in [-0.05, 0) is 30.3 Å². The Balaban J connectivity index is 2.07. The van der Waals surface area contributed by atoms with E-state index >= 15 is 0 Å². The molecule has 0 heterocycles. The van der Waals surface area contributed by atoms with Crippen molar-refractivity contribution in [2.45, 2.75) is 0 Å². The summed E-state index contributed by atoms with van der Waals surface area (Å²) in [5.74, 6) is -0.200. The molecule has 0 aliphatic heterocycles. The van der Waals surface area contributed by atoms with E-state index in [1.165, 1.54) is 24.3 Å². The van der Waals surface area contributed by atoms with Crippen molar-refractivity contribution in [1.29, 1.82) is 0 Å². The van der Waals surface area contributed by atoms with Crippen LogP contribution in [-0.2, 0) is 4.79 Å². The number of carbonyl (C=O) groups is 1. The van der Waals surface area contributed by atoms with Gasteiger partial charge in [-0.2, -0.15) is 0 Å². The van der Waals surface area contributed by atoms with Crippen molar-refractivity contribution in [2.24, 2.45) is 0 Å². The van der Waals surface area contributed by atoms with Crippen LogP contribution in [0.1, 0.15) is 5.56 Å². The molecule has 0 aromatic heterocycles. The van der Waals surface area contributed by atoms with Crippen LogP contribution in [0.4, 0.5) is 10.1 Å². The quantitative estimate of drug-likeness (QED) is 0.862. The van der Waals surface area contributed by atoms with Crippen molar-refractivity contribution in [3.63, 3.8) is 0 Å². The van der Waals surface area contributed by atoms with Crippen LogP contribution in [0.2, 0.25) is 5.02 Å². The lowest BCUT2D eigenvalue weighted by atomic mass is 10.2. The number of rotatable bonds is 4. The average molecular weight is 306 g/mol. The van der Waals surface area contributed by atoms with Crippen molar-refractivity contribution in [1.82, 2.24) is 0 Å². The lowest BCUT2D eigenvalue weighted by Gasteiger charge is -2.04. The van der Waals surface area contributed by atoms with Crippen LogP contribution in [0, 0.1) is 5.82 Å². The van der Waals surface area contributed by atoms with Crippen LogP contribution in [0.5, 0.6) is 5.75 Å². The van der Waals surface area contributed by atoms with Gasteiger partial charge in [0.2, 0.25) is 5.91 Å². The third-order valence-corrected chi connectivity index (χ3v) is 3.03. The largest absolute Gasteiger partial charge is 0.496 e. The predicted molar refractivity (Wildman–Crippen MR) is 82.1 cm³/mol. The number of methoxy groups -OCH3 is 1. The van der Waals surface area contributed by atoms with Crippen LogP contribution in [0.15, 0.2) is 48.5 Å². The second-order valence-electron chi connectivity index (χ2n) is 4.19. The van der Waals surface area contributed by atoms with Gasteiger partial charge in [0, 0.05) is 17.3 Å². The Labute approximate surface area is 127 Å². The minimum absolute atomic E-state index is 0.0403. The third kappa shape index (κ3) is 4.07. The minimum atomic E-state index is -0.528. The van der Waals surface area contributed by atoms with Crippen molar-refractivity contribution in [3.05, 3.63) is 64.9 Å². The van der Waals surface area contributed by atoms with Gasteiger partial charge >= 0.3 is 0 Å². The van der Waals surface area contributed by atoms with Crippen molar-refractivity contribution in [2.75, 3.05) is 12.4 Å².